The van der Waals surface area contributed by atoms with Crippen molar-refractivity contribution in [2.24, 2.45) is 5.92 Å². The Bertz CT molecular complexity index is 575. The molecular weight excluding hydrogens is 338 g/mol. The number of anilines is 1. The van der Waals surface area contributed by atoms with Crippen LogP contribution in [0.3, 0.4) is 0 Å². The van der Waals surface area contributed by atoms with Gasteiger partial charge >= 0.3 is 0 Å². The van der Waals surface area contributed by atoms with E-state index in [-0.39, 0.29) is 0 Å². The van der Waals surface area contributed by atoms with Crippen molar-refractivity contribution in [3.05, 3.63) is 24.3 Å². The minimum absolute atomic E-state index is 0.781. The summed E-state index contributed by atoms with van der Waals surface area (Å²) in [6.07, 6.45) is 5.18. The van der Waals surface area contributed by atoms with E-state index in [1.54, 1.807) is 7.11 Å². The van der Waals surface area contributed by atoms with Gasteiger partial charge in [-0.3, -0.25) is 4.90 Å². The maximum Gasteiger partial charge on any atom is 0.120 e. The first kappa shape index (κ1) is 19.0. The fraction of sp³-hybridized carbons (Fsp3) is 0.727. The second kappa shape index (κ2) is 9.26. The van der Waals surface area contributed by atoms with Gasteiger partial charge in [0.1, 0.15) is 5.75 Å². The van der Waals surface area contributed by atoms with Crippen LogP contribution in [0.5, 0.6) is 5.75 Å². The largest absolute Gasteiger partial charge is 0.497 e. The van der Waals surface area contributed by atoms with E-state index in [0.717, 1.165) is 44.0 Å². The molecule has 0 amide bonds. The molecule has 0 saturated carbocycles. The Kier molecular flexibility index (Phi) is 6.53. The third kappa shape index (κ3) is 4.95. The highest BCUT2D eigenvalue weighted by Gasteiger charge is 2.28. The number of rotatable bonds is 5. The highest BCUT2D eigenvalue weighted by molar-refractivity contribution is 5.51. The second-order valence-corrected chi connectivity index (χ2v) is 8.31. The second-order valence-electron chi connectivity index (χ2n) is 8.31. The molecule has 1 aromatic carbocycles. The maximum atomic E-state index is 5.50. The molecule has 0 atom stereocenters. The normalized spacial score (nSPS) is 24.3. The Morgan fingerprint density at radius 1 is 0.963 bits per heavy atom. The molecule has 3 saturated heterocycles. The summed E-state index contributed by atoms with van der Waals surface area (Å²) in [5.41, 5.74) is 1.29. The predicted molar refractivity (Wildman–Crippen MR) is 110 cm³/mol. The van der Waals surface area contributed by atoms with E-state index in [2.05, 4.69) is 32.9 Å². The van der Waals surface area contributed by atoms with Gasteiger partial charge in [0.2, 0.25) is 0 Å². The van der Waals surface area contributed by atoms with Crippen molar-refractivity contribution in [2.45, 2.75) is 31.7 Å². The topological polar surface area (TPSA) is 28.2 Å². The molecule has 3 aliphatic rings. The average Bonchev–Trinajstić information content (AvgIpc) is 2.75. The lowest BCUT2D eigenvalue weighted by Crippen LogP contribution is -2.53. The van der Waals surface area contributed by atoms with Gasteiger partial charge in [0, 0.05) is 63.7 Å². The van der Waals surface area contributed by atoms with Gasteiger partial charge in [-0.1, -0.05) is 6.07 Å². The van der Waals surface area contributed by atoms with E-state index >= 15 is 0 Å². The fourth-order valence-corrected chi connectivity index (χ4v) is 4.91. The van der Waals surface area contributed by atoms with Crippen molar-refractivity contribution in [2.75, 3.05) is 71.0 Å². The number of piperidine rings is 1. The minimum atomic E-state index is 0.781. The molecule has 5 nitrogen and oxygen atoms in total. The van der Waals surface area contributed by atoms with Crippen molar-refractivity contribution in [3.63, 3.8) is 0 Å². The van der Waals surface area contributed by atoms with Crippen LogP contribution in [0.4, 0.5) is 5.69 Å². The summed E-state index contributed by atoms with van der Waals surface area (Å²) >= 11 is 0. The lowest BCUT2D eigenvalue weighted by Gasteiger charge is -2.44. The smallest absolute Gasteiger partial charge is 0.120 e. The molecule has 0 unspecified atom stereocenters. The third-order valence-corrected chi connectivity index (χ3v) is 6.66. The zero-order valence-electron chi connectivity index (χ0n) is 16.8. The molecule has 150 valence electrons. The minimum Gasteiger partial charge on any atom is -0.497 e. The Labute approximate surface area is 164 Å². The molecule has 0 aromatic heterocycles. The highest BCUT2D eigenvalue weighted by atomic mass is 16.5. The number of ether oxygens (including phenoxy) is 2. The molecule has 27 heavy (non-hydrogen) atoms. The van der Waals surface area contributed by atoms with Gasteiger partial charge in [-0.2, -0.15) is 0 Å². The number of likely N-dealkylation sites (tertiary alicyclic amines) is 1. The number of nitrogens with zero attached hydrogens (tertiary/aromatic N) is 3. The lowest BCUT2D eigenvalue weighted by atomic mass is 9.96. The van der Waals surface area contributed by atoms with Crippen LogP contribution in [-0.2, 0) is 4.74 Å². The van der Waals surface area contributed by atoms with Crippen LogP contribution < -0.4 is 9.64 Å². The summed E-state index contributed by atoms with van der Waals surface area (Å²) in [7, 11) is 1.74. The number of benzene rings is 1. The zero-order chi connectivity index (χ0) is 18.5. The van der Waals surface area contributed by atoms with Gasteiger partial charge in [-0.05, 0) is 56.8 Å². The fourth-order valence-electron chi connectivity index (χ4n) is 4.91. The highest BCUT2D eigenvalue weighted by Crippen LogP contribution is 2.25. The first-order chi connectivity index (χ1) is 13.3. The van der Waals surface area contributed by atoms with Crippen molar-refractivity contribution in [1.29, 1.82) is 0 Å². The Morgan fingerprint density at radius 3 is 2.41 bits per heavy atom. The third-order valence-electron chi connectivity index (χ3n) is 6.66. The zero-order valence-corrected chi connectivity index (χ0v) is 16.8. The van der Waals surface area contributed by atoms with Crippen LogP contribution in [0.25, 0.3) is 0 Å². The summed E-state index contributed by atoms with van der Waals surface area (Å²) < 4.78 is 10.9. The van der Waals surface area contributed by atoms with E-state index in [1.165, 1.54) is 64.1 Å². The molecule has 3 fully saturated rings. The van der Waals surface area contributed by atoms with Gasteiger partial charge in [0.05, 0.1) is 7.11 Å². The van der Waals surface area contributed by atoms with E-state index in [0.29, 0.717) is 0 Å². The van der Waals surface area contributed by atoms with Gasteiger partial charge in [-0.25, -0.2) is 0 Å². The molecule has 0 aliphatic carbocycles. The van der Waals surface area contributed by atoms with E-state index in [9.17, 15) is 0 Å². The molecule has 0 radical (unpaired) electrons. The van der Waals surface area contributed by atoms with Gasteiger partial charge in [-0.15, -0.1) is 0 Å². The molecule has 5 heteroatoms. The summed E-state index contributed by atoms with van der Waals surface area (Å²) in [6.45, 7) is 10.4. The Balaban J connectivity index is 1.21. The SMILES string of the molecule is COc1cccc(N2CCN(C3CCN(CC4CCOCC4)CC3)CC2)c1. The molecule has 4 rings (SSSR count). The molecular formula is C22H35N3O2. The van der Waals surface area contributed by atoms with E-state index < -0.39 is 0 Å². The van der Waals surface area contributed by atoms with Crippen molar-refractivity contribution in [1.82, 2.24) is 9.80 Å². The molecule has 1 aromatic rings. The van der Waals surface area contributed by atoms with Gasteiger partial charge in [0.15, 0.2) is 0 Å². The van der Waals surface area contributed by atoms with Crippen LogP contribution in [0.15, 0.2) is 24.3 Å². The summed E-state index contributed by atoms with van der Waals surface area (Å²) in [4.78, 5) is 7.95. The van der Waals surface area contributed by atoms with Crippen LogP contribution >= 0.6 is 0 Å². The number of hydrogen-bond acceptors (Lipinski definition) is 5. The first-order valence-electron chi connectivity index (χ1n) is 10.7. The average molecular weight is 374 g/mol. The summed E-state index contributed by atoms with van der Waals surface area (Å²) in [5, 5.41) is 0. The van der Waals surface area contributed by atoms with Crippen LogP contribution in [0.2, 0.25) is 0 Å². The van der Waals surface area contributed by atoms with Crippen LogP contribution in [0, 0.1) is 5.92 Å². The first-order valence-corrected chi connectivity index (χ1v) is 10.7. The van der Waals surface area contributed by atoms with Gasteiger partial charge < -0.3 is 19.3 Å². The van der Waals surface area contributed by atoms with Crippen molar-refractivity contribution in [3.8, 4) is 5.75 Å². The predicted octanol–water partition coefficient (Wildman–Crippen LogP) is 2.71. The lowest BCUT2D eigenvalue weighted by molar-refractivity contribution is 0.0407. The summed E-state index contributed by atoms with van der Waals surface area (Å²) in [6, 6.07) is 9.25. The molecule has 0 spiro atoms. The molecule has 3 heterocycles. The van der Waals surface area contributed by atoms with Crippen molar-refractivity contribution >= 4 is 5.69 Å². The van der Waals surface area contributed by atoms with E-state index in [1.807, 2.05) is 6.07 Å². The van der Waals surface area contributed by atoms with Crippen LogP contribution in [-0.4, -0.2) is 82.0 Å². The maximum absolute atomic E-state index is 5.50. The molecule has 0 N–H and O–H groups in total. The number of piperazine rings is 1. The van der Waals surface area contributed by atoms with Crippen molar-refractivity contribution < 1.29 is 9.47 Å². The number of methoxy groups -OCH3 is 1. The standard InChI is InChI=1S/C22H35N3O2/c1-26-22-4-2-3-21(17-22)25-13-11-24(12-14-25)20-5-9-23(10-6-20)18-19-7-15-27-16-8-19/h2-4,17,19-20H,5-16,18H2,1H3. The molecule has 0 bridgehead atoms. The molecule has 3 aliphatic heterocycles. The van der Waals surface area contributed by atoms with Crippen LogP contribution in [0.1, 0.15) is 25.7 Å². The Hall–Kier alpha value is -1.30. The monoisotopic (exact) mass is 373 g/mol. The Morgan fingerprint density at radius 2 is 1.70 bits per heavy atom. The van der Waals surface area contributed by atoms with Gasteiger partial charge in [0.25, 0.3) is 0 Å². The van der Waals surface area contributed by atoms with E-state index in [4.69, 9.17) is 9.47 Å². The summed E-state index contributed by atoms with van der Waals surface area (Å²) in [5.74, 6) is 1.81. The number of hydrogen-bond donors (Lipinski definition) is 0. The quantitative estimate of drug-likeness (QED) is 0.791.